The molecule has 0 spiro atoms. The van der Waals surface area contributed by atoms with Crippen LogP contribution in [0.5, 0.6) is 0 Å². The molecule has 0 bridgehead atoms. The smallest absolute Gasteiger partial charge is 0.247 e. The lowest BCUT2D eigenvalue weighted by atomic mass is 10.2. The molecular formula is C17H22FN5O. The maximum absolute atomic E-state index is 13.0. The second kappa shape index (κ2) is 7.53. The highest BCUT2D eigenvalue weighted by Gasteiger charge is 2.24. The van der Waals surface area contributed by atoms with Crippen LogP contribution in [0, 0.1) is 5.82 Å². The first-order valence-electron chi connectivity index (χ1n) is 8.23. The lowest BCUT2D eigenvalue weighted by Gasteiger charge is -2.24. The zero-order valence-corrected chi connectivity index (χ0v) is 13.8. The lowest BCUT2D eigenvalue weighted by Crippen LogP contribution is -2.39. The van der Waals surface area contributed by atoms with Crippen LogP contribution in [0.3, 0.4) is 0 Å². The number of amides is 1. The Morgan fingerprint density at radius 1 is 1.21 bits per heavy atom. The molecule has 1 aromatic carbocycles. The van der Waals surface area contributed by atoms with Crippen molar-refractivity contribution in [3.8, 4) is 0 Å². The Balaban J connectivity index is 1.56. The standard InChI is InChI=1S/C17H22FN5O/c1-14(23-13-19-12-20-23)17(24)22-8-2-7-21(9-10-22)11-15-3-5-16(18)6-4-15/h3-6,12-14H,2,7-11H2,1H3. The summed E-state index contributed by atoms with van der Waals surface area (Å²) in [4.78, 5) is 20.7. The maximum atomic E-state index is 13.0. The van der Waals surface area contributed by atoms with Crippen LogP contribution in [-0.2, 0) is 11.3 Å². The summed E-state index contributed by atoms with van der Waals surface area (Å²) < 4.78 is 14.6. The van der Waals surface area contributed by atoms with Gasteiger partial charge < -0.3 is 4.90 Å². The summed E-state index contributed by atoms with van der Waals surface area (Å²) in [6.07, 6.45) is 3.94. The first-order chi connectivity index (χ1) is 11.6. The molecule has 0 N–H and O–H groups in total. The van der Waals surface area contributed by atoms with Gasteiger partial charge in [0.25, 0.3) is 0 Å². The van der Waals surface area contributed by atoms with Gasteiger partial charge in [0.15, 0.2) is 0 Å². The van der Waals surface area contributed by atoms with Gasteiger partial charge in [-0.3, -0.25) is 9.69 Å². The van der Waals surface area contributed by atoms with E-state index in [1.165, 1.54) is 18.5 Å². The predicted molar refractivity (Wildman–Crippen MR) is 87.6 cm³/mol. The van der Waals surface area contributed by atoms with Crippen LogP contribution in [-0.4, -0.2) is 56.7 Å². The number of nitrogens with zero attached hydrogens (tertiary/aromatic N) is 5. The molecule has 1 aliphatic heterocycles. The number of hydrogen-bond acceptors (Lipinski definition) is 4. The van der Waals surface area contributed by atoms with Gasteiger partial charge in [-0.05, 0) is 31.0 Å². The van der Waals surface area contributed by atoms with Crippen LogP contribution < -0.4 is 0 Å². The van der Waals surface area contributed by atoms with Gasteiger partial charge in [0.1, 0.15) is 24.5 Å². The molecule has 2 heterocycles. The van der Waals surface area contributed by atoms with E-state index in [2.05, 4.69) is 15.0 Å². The van der Waals surface area contributed by atoms with E-state index >= 15 is 0 Å². The molecule has 0 radical (unpaired) electrons. The molecule has 1 aromatic heterocycles. The van der Waals surface area contributed by atoms with Gasteiger partial charge in [-0.1, -0.05) is 12.1 Å². The zero-order valence-electron chi connectivity index (χ0n) is 13.8. The van der Waals surface area contributed by atoms with Gasteiger partial charge in [0, 0.05) is 32.7 Å². The van der Waals surface area contributed by atoms with Crippen LogP contribution in [0.2, 0.25) is 0 Å². The molecule has 0 aliphatic carbocycles. The summed E-state index contributed by atoms with van der Waals surface area (Å²) in [6.45, 7) is 5.81. The number of carbonyl (C=O) groups is 1. The van der Waals surface area contributed by atoms with Gasteiger partial charge in [0.2, 0.25) is 5.91 Å². The van der Waals surface area contributed by atoms with Crippen molar-refractivity contribution in [2.75, 3.05) is 26.2 Å². The van der Waals surface area contributed by atoms with E-state index < -0.39 is 0 Å². The third kappa shape index (κ3) is 3.97. The van der Waals surface area contributed by atoms with E-state index in [1.54, 1.807) is 11.0 Å². The summed E-state index contributed by atoms with van der Waals surface area (Å²) in [7, 11) is 0. The third-order valence-corrected chi connectivity index (χ3v) is 4.41. The highest BCUT2D eigenvalue weighted by molar-refractivity contribution is 5.80. The number of carbonyl (C=O) groups excluding carboxylic acids is 1. The first kappa shape index (κ1) is 16.6. The third-order valence-electron chi connectivity index (χ3n) is 4.41. The maximum Gasteiger partial charge on any atom is 0.247 e. The average molecular weight is 331 g/mol. The molecule has 1 saturated heterocycles. The highest BCUT2D eigenvalue weighted by atomic mass is 19.1. The number of halogens is 1. The normalized spacial score (nSPS) is 17.5. The summed E-state index contributed by atoms with van der Waals surface area (Å²) in [5.41, 5.74) is 1.09. The fourth-order valence-corrected chi connectivity index (χ4v) is 2.99. The number of hydrogen-bond donors (Lipinski definition) is 0. The topological polar surface area (TPSA) is 54.3 Å². The Morgan fingerprint density at radius 3 is 2.71 bits per heavy atom. The molecule has 7 heteroatoms. The molecule has 6 nitrogen and oxygen atoms in total. The van der Waals surface area contributed by atoms with E-state index in [0.717, 1.165) is 38.2 Å². The van der Waals surface area contributed by atoms with E-state index in [-0.39, 0.29) is 17.8 Å². The van der Waals surface area contributed by atoms with Crippen molar-refractivity contribution in [1.82, 2.24) is 24.6 Å². The van der Waals surface area contributed by atoms with E-state index in [9.17, 15) is 9.18 Å². The van der Waals surface area contributed by atoms with Gasteiger partial charge in [-0.15, -0.1) is 0 Å². The lowest BCUT2D eigenvalue weighted by molar-refractivity contribution is -0.134. The fourth-order valence-electron chi connectivity index (χ4n) is 2.99. The fraction of sp³-hybridized carbons (Fsp3) is 0.471. The molecular weight excluding hydrogens is 309 g/mol. The first-order valence-corrected chi connectivity index (χ1v) is 8.23. The largest absolute Gasteiger partial charge is 0.340 e. The van der Waals surface area contributed by atoms with Crippen LogP contribution in [0.4, 0.5) is 4.39 Å². The van der Waals surface area contributed by atoms with Crippen molar-refractivity contribution in [3.05, 3.63) is 48.3 Å². The second-order valence-corrected chi connectivity index (χ2v) is 6.13. The van der Waals surface area contributed by atoms with Gasteiger partial charge in [-0.2, -0.15) is 5.10 Å². The van der Waals surface area contributed by atoms with Gasteiger partial charge in [0.05, 0.1) is 0 Å². The van der Waals surface area contributed by atoms with Crippen molar-refractivity contribution in [3.63, 3.8) is 0 Å². The van der Waals surface area contributed by atoms with Crippen molar-refractivity contribution >= 4 is 5.91 Å². The number of aromatic nitrogens is 3. The van der Waals surface area contributed by atoms with Crippen molar-refractivity contribution in [2.24, 2.45) is 0 Å². The number of rotatable bonds is 4. The Bertz CT molecular complexity index is 658. The zero-order chi connectivity index (χ0) is 16.9. The Kier molecular flexibility index (Phi) is 5.20. The van der Waals surface area contributed by atoms with E-state index in [0.29, 0.717) is 6.54 Å². The van der Waals surface area contributed by atoms with Crippen LogP contribution in [0.1, 0.15) is 24.9 Å². The molecule has 1 atom stereocenters. The monoisotopic (exact) mass is 331 g/mol. The summed E-state index contributed by atoms with van der Waals surface area (Å²) in [5, 5.41) is 4.05. The summed E-state index contributed by atoms with van der Waals surface area (Å²) >= 11 is 0. The Hall–Kier alpha value is -2.28. The molecule has 1 aliphatic rings. The predicted octanol–water partition coefficient (Wildman–Crippen LogP) is 1.71. The van der Waals surface area contributed by atoms with Crippen molar-refractivity contribution in [1.29, 1.82) is 0 Å². The molecule has 128 valence electrons. The van der Waals surface area contributed by atoms with Crippen LogP contribution in [0.15, 0.2) is 36.9 Å². The van der Waals surface area contributed by atoms with Gasteiger partial charge >= 0.3 is 0 Å². The molecule has 3 rings (SSSR count). The van der Waals surface area contributed by atoms with E-state index in [1.807, 2.05) is 24.0 Å². The molecule has 2 aromatic rings. The van der Waals surface area contributed by atoms with Crippen LogP contribution in [0.25, 0.3) is 0 Å². The van der Waals surface area contributed by atoms with Crippen molar-refractivity contribution in [2.45, 2.75) is 25.9 Å². The highest BCUT2D eigenvalue weighted by Crippen LogP contribution is 2.13. The molecule has 1 fully saturated rings. The Morgan fingerprint density at radius 2 is 2.00 bits per heavy atom. The minimum atomic E-state index is -0.337. The molecule has 1 amide bonds. The quantitative estimate of drug-likeness (QED) is 0.856. The number of benzene rings is 1. The van der Waals surface area contributed by atoms with Crippen LogP contribution >= 0.6 is 0 Å². The SMILES string of the molecule is CC(C(=O)N1CCCN(Cc2ccc(F)cc2)CC1)n1cncn1. The van der Waals surface area contributed by atoms with E-state index in [4.69, 9.17) is 0 Å². The van der Waals surface area contributed by atoms with Crippen molar-refractivity contribution < 1.29 is 9.18 Å². The average Bonchev–Trinajstić information content (AvgIpc) is 3.03. The minimum Gasteiger partial charge on any atom is -0.340 e. The Labute approximate surface area is 140 Å². The summed E-state index contributed by atoms with van der Waals surface area (Å²) in [5.74, 6) is -0.141. The minimum absolute atomic E-state index is 0.0733. The molecule has 0 saturated carbocycles. The molecule has 1 unspecified atom stereocenters. The molecule has 24 heavy (non-hydrogen) atoms. The van der Waals surface area contributed by atoms with Gasteiger partial charge in [-0.25, -0.2) is 14.1 Å². The second-order valence-electron chi connectivity index (χ2n) is 6.13. The summed E-state index contributed by atoms with van der Waals surface area (Å²) in [6, 6.07) is 6.27.